The number of ether oxygens (including phenoxy) is 2. The molecule has 3 aromatic rings. The van der Waals surface area contributed by atoms with Crippen LogP contribution in [0.4, 0.5) is 0 Å². The Kier molecular flexibility index (Phi) is 7.19. The van der Waals surface area contributed by atoms with Gasteiger partial charge in [0.25, 0.3) is 5.56 Å². The molecular weight excluding hydrogens is 436 g/mol. The monoisotopic (exact) mass is 468 g/mol. The zero-order valence-electron chi connectivity index (χ0n) is 20.1. The maximum atomic E-state index is 12.7. The summed E-state index contributed by atoms with van der Waals surface area (Å²) in [6.45, 7) is 6.51. The number of aromatic amines is 1. The molecule has 182 valence electrons. The number of nitrogens with one attached hydrogen (secondary N) is 1. The predicted octanol–water partition coefficient (Wildman–Crippen LogP) is 3.10. The van der Waals surface area contributed by atoms with E-state index in [9.17, 15) is 14.4 Å². The average Bonchev–Trinajstić information content (AvgIpc) is 3.42. The Morgan fingerprint density at radius 3 is 2.68 bits per heavy atom. The molecule has 0 bridgehead atoms. The van der Waals surface area contributed by atoms with Crippen LogP contribution in [-0.2, 0) is 42.1 Å². The van der Waals surface area contributed by atoms with E-state index in [0.717, 1.165) is 38.5 Å². The maximum absolute atomic E-state index is 12.7. The van der Waals surface area contributed by atoms with E-state index in [-0.39, 0.29) is 6.61 Å². The number of esters is 1. The number of unbranched alkanes of at least 4 members (excludes halogenated alkanes) is 1. The molecule has 9 nitrogen and oxygen atoms in total. The minimum absolute atomic E-state index is 0.118. The Morgan fingerprint density at radius 2 is 1.91 bits per heavy atom. The summed E-state index contributed by atoms with van der Waals surface area (Å²) in [5.74, 6) is 0.555. The highest BCUT2D eigenvalue weighted by molar-refractivity contribution is 5.75. The van der Waals surface area contributed by atoms with E-state index in [0.29, 0.717) is 35.8 Å². The molecule has 0 radical (unpaired) electrons. The van der Waals surface area contributed by atoms with Gasteiger partial charge in [-0.2, -0.15) is 0 Å². The third-order valence-corrected chi connectivity index (χ3v) is 6.21. The summed E-state index contributed by atoms with van der Waals surface area (Å²) in [6.07, 6.45) is 4.89. The molecule has 0 aliphatic heterocycles. The molecule has 1 atom stereocenters. The summed E-state index contributed by atoms with van der Waals surface area (Å²) in [4.78, 5) is 44.6. The first kappa shape index (κ1) is 23.8. The van der Waals surface area contributed by atoms with Crippen molar-refractivity contribution < 1.29 is 14.3 Å². The molecule has 1 aliphatic rings. The standard InChI is InChI=1S/C25H32N4O5/c1-4-6-13-29-22-21(23(30)27-25(29)32)28(12-5-2)20(26-22)15-33-24(31)16(3)34-19-11-10-17-8-7-9-18(17)14-19/h10-11,14,16H,4-9,12-13,15H2,1-3H3,(H,27,30,32)/t16-/m1/s1. The maximum Gasteiger partial charge on any atom is 0.347 e. The summed E-state index contributed by atoms with van der Waals surface area (Å²) in [5, 5.41) is 0. The van der Waals surface area contributed by atoms with Crippen molar-refractivity contribution in [2.75, 3.05) is 0 Å². The smallest absolute Gasteiger partial charge is 0.347 e. The van der Waals surface area contributed by atoms with E-state index >= 15 is 0 Å². The molecule has 34 heavy (non-hydrogen) atoms. The number of hydrogen-bond donors (Lipinski definition) is 1. The SMILES string of the molecule is CCCCn1c(=O)[nH]c(=O)c2c1nc(COC(=O)[C@@H](C)Oc1ccc3c(c1)CCC3)n2CCC. The molecule has 0 saturated heterocycles. The Balaban J connectivity index is 1.53. The summed E-state index contributed by atoms with van der Waals surface area (Å²) in [7, 11) is 0. The van der Waals surface area contributed by atoms with Crippen molar-refractivity contribution in [2.45, 2.75) is 85.1 Å². The second-order valence-electron chi connectivity index (χ2n) is 8.77. The third kappa shape index (κ3) is 4.78. The van der Waals surface area contributed by atoms with Gasteiger partial charge in [-0.1, -0.05) is 26.3 Å². The van der Waals surface area contributed by atoms with Crippen LogP contribution < -0.4 is 16.0 Å². The number of fused-ring (bicyclic) bond motifs is 2. The second kappa shape index (κ2) is 10.3. The molecule has 0 spiro atoms. The normalized spacial score (nSPS) is 13.7. The first-order valence-electron chi connectivity index (χ1n) is 12.1. The van der Waals surface area contributed by atoms with Crippen LogP contribution in [0.15, 0.2) is 27.8 Å². The number of carbonyl (C=O) groups is 1. The number of nitrogens with zero attached hydrogens (tertiary/aromatic N) is 3. The van der Waals surface area contributed by atoms with E-state index in [1.54, 1.807) is 11.5 Å². The fourth-order valence-corrected chi connectivity index (χ4v) is 4.44. The fourth-order valence-electron chi connectivity index (χ4n) is 4.44. The van der Waals surface area contributed by atoms with Gasteiger partial charge in [-0.3, -0.25) is 14.3 Å². The lowest BCUT2D eigenvalue weighted by Crippen LogP contribution is -2.31. The second-order valence-corrected chi connectivity index (χ2v) is 8.77. The number of aryl methyl sites for hydroxylation is 4. The van der Waals surface area contributed by atoms with Crippen LogP contribution in [0, 0.1) is 0 Å². The van der Waals surface area contributed by atoms with Crippen LogP contribution in [-0.4, -0.2) is 31.2 Å². The number of carbonyl (C=O) groups excluding carboxylic acids is 1. The summed E-state index contributed by atoms with van der Waals surface area (Å²) >= 11 is 0. The summed E-state index contributed by atoms with van der Waals surface area (Å²) in [6, 6.07) is 5.93. The van der Waals surface area contributed by atoms with Crippen molar-refractivity contribution in [1.82, 2.24) is 19.1 Å². The van der Waals surface area contributed by atoms with E-state index < -0.39 is 23.3 Å². The Morgan fingerprint density at radius 1 is 1.12 bits per heavy atom. The van der Waals surface area contributed by atoms with Crippen LogP contribution in [0.2, 0.25) is 0 Å². The third-order valence-electron chi connectivity index (χ3n) is 6.21. The summed E-state index contributed by atoms with van der Waals surface area (Å²) < 4.78 is 14.6. The van der Waals surface area contributed by atoms with Crippen molar-refractivity contribution in [3.63, 3.8) is 0 Å². The lowest BCUT2D eigenvalue weighted by Gasteiger charge is -2.15. The van der Waals surface area contributed by atoms with E-state index in [1.807, 2.05) is 26.0 Å². The van der Waals surface area contributed by atoms with Crippen LogP contribution in [0.3, 0.4) is 0 Å². The van der Waals surface area contributed by atoms with Gasteiger partial charge in [0.05, 0.1) is 0 Å². The molecule has 2 aromatic heterocycles. The lowest BCUT2D eigenvalue weighted by atomic mass is 10.1. The molecule has 1 aliphatic carbocycles. The number of benzene rings is 1. The number of aromatic nitrogens is 4. The first-order chi connectivity index (χ1) is 16.4. The Bertz CT molecular complexity index is 1300. The molecule has 2 heterocycles. The molecule has 1 aromatic carbocycles. The van der Waals surface area contributed by atoms with Gasteiger partial charge in [-0.15, -0.1) is 0 Å². The minimum Gasteiger partial charge on any atom is -0.479 e. The van der Waals surface area contributed by atoms with Gasteiger partial charge in [0, 0.05) is 13.1 Å². The van der Waals surface area contributed by atoms with Gasteiger partial charge in [0.15, 0.2) is 17.3 Å². The van der Waals surface area contributed by atoms with Crippen LogP contribution in [0.1, 0.15) is 63.4 Å². The quantitative estimate of drug-likeness (QED) is 0.458. The first-order valence-corrected chi connectivity index (χ1v) is 12.1. The molecule has 0 saturated carbocycles. The van der Waals surface area contributed by atoms with E-state index in [1.165, 1.54) is 15.7 Å². The summed E-state index contributed by atoms with van der Waals surface area (Å²) in [5.41, 5.74) is 2.29. The minimum atomic E-state index is -0.797. The highest BCUT2D eigenvalue weighted by Gasteiger charge is 2.22. The topological polar surface area (TPSA) is 108 Å². The van der Waals surface area contributed by atoms with Gasteiger partial charge in [-0.25, -0.2) is 14.6 Å². The lowest BCUT2D eigenvalue weighted by molar-refractivity contribution is -0.152. The zero-order chi connectivity index (χ0) is 24.2. The van der Waals surface area contributed by atoms with Gasteiger partial charge in [0.2, 0.25) is 0 Å². The Labute approximate surface area is 197 Å². The highest BCUT2D eigenvalue weighted by atomic mass is 16.6. The zero-order valence-corrected chi connectivity index (χ0v) is 20.1. The molecule has 0 amide bonds. The van der Waals surface area contributed by atoms with E-state index in [4.69, 9.17) is 9.47 Å². The van der Waals surface area contributed by atoms with Gasteiger partial charge < -0.3 is 14.0 Å². The average molecular weight is 469 g/mol. The molecule has 0 unspecified atom stereocenters. The molecule has 4 rings (SSSR count). The predicted molar refractivity (Wildman–Crippen MR) is 128 cm³/mol. The molecule has 1 N–H and O–H groups in total. The Hall–Kier alpha value is -3.36. The van der Waals surface area contributed by atoms with Crippen LogP contribution in [0.5, 0.6) is 5.75 Å². The van der Waals surface area contributed by atoms with Crippen LogP contribution in [0.25, 0.3) is 11.2 Å². The van der Waals surface area contributed by atoms with Gasteiger partial charge in [-0.05, 0) is 62.3 Å². The number of H-pyrrole nitrogens is 1. The number of imidazole rings is 1. The van der Waals surface area contributed by atoms with Gasteiger partial charge in [0.1, 0.15) is 18.2 Å². The number of hydrogen-bond acceptors (Lipinski definition) is 6. The van der Waals surface area contributed by atoms with Crippen molar-refractivity contribution >= 4 is 17.1 Å². The van der Waals surface area contributed by atoms with E-state index in [2.05, 4.69) is 16.0 Å². The number of rotatable bonds is 10. The van der Waals surface area contributed by atoms with Crippen molar-refractivity contribution in [3.05, 3.63) is 56.0 Å². The van der Waals surface area contributed by atoms with Gasteiger partial charge >= 0.3 is 11.7 Å². The molecule has 9 heteroatoms. The molecule has 0 fully saturated rings. The van der Waals surface area contributed by atoms with Crippen molar-refractivity contribution in [3.8, 4) is 5.75 Å². The fraction of sp³-hybridized carbons (Fsp3) is 0.520. The van der Waals surface area contributed by atoms with Crippen LogP contribution >= 0.6 is 0 Å². The largest absolute Gasteiger partial charge is 0.479 e. The van der Waals surface area contributed by atoms with Crippen molar-refractivity contribution in [1.29, 1.82) is 0 Å². The highest BCUT2D eigenvalue weighted by Crippen LogP contribution is 2.26. The molecular formula is C25H32N4O5. The van der Waals surface area contributed by atoms with Crippen molar-refractivity contribution in [2.24, 2.45) is 0 Å².